The summed E-state index contributed by atoms with van der Waals surface area (Å²) in [5.74, 6) is 0.367. The Morgan fingerprint density at radius 3 is 2.08 bits per heavy atom. The Morgan fingerprint density at radius 2 is 1.46 bits per heavy atom. The first-order chi connectivity index (χ1) is 18.0. The molecule has 0 spiro atoms. The Kier molecular flexibility index (Phi) is 9.36. The molecule has 2 amide bonds. The molecule has 4 rings (SSSR count). The number of hydrogen-bond donors (Lipinski definition) is 1. The summed E-state index contributed by atoms with van der Waals surface area (Å²) in [7, 11) is 0. The first kappa shape index (κ1) is 26.5. The van der Waals surface area contributed by atoms with Crippen LogP contribution in [0, 0.1) is 13.8 Å². The first-order valence-corrected chi connectivity index (χ1v) is 13.4. The molecular formula is C32H38N2O3. The average Bonchev–Trinajstić information content (AvgIpc) is 2.90. The van der Waals surface area contributed by atoms with Crippen molar-refractivity contribution in [3.63, 3.8) is 0 Å². The first-order valence-electron chi connectivity index (χ1n) is 13.4. The lowest BCUT2D eigenvalue weighted by atomic mass is 9.94. The van der Waals surface area contributed by atoms with Gasteiger partial charge in [0.15, 0.2) is 6.61 Å². The highest BCUT2D eigenvalue weighted by Crippen LogP contribution is 2.21. The predicted molar refractivity (Wildman–Crippen MR) is 147 cm³/mol. The fraction of sp³-hybridized carbons (Fsp3) is 0.375. The number of carbonyl (C=O) groups is 2. The second-order valence-electron chi connectivity index (χ2n) is 10.2. The lowest BCUT2D eigenvalue weighted by Gasteiger charge is -2.33. The maximum Gasteiger partial charge on any atom is 0.261 e. The number of amides is 2. The molecule has 1 aliphatic rings. The highest BCUT2D eigenvalue weighted by atomic mass is 16.5. The summed E-state index contributed by atoms with van der Waals surface area (Å²) in [6.45, 7) is 4.23. The van der Waals surface area contributed by atoms with Crippen molar-refractivity contribution in [1.82, 2.24) is 10.2 Å². The van der Waals surface area contributed by atoms with E-state index in [1.54, 1.807) is 4.90 Å². The average molecular weight is 499 g/mol. The fourth-order valence-corrected chi connectivity index (χ4v) is 5.12. The largest absolute Gasteiger partial charge is 0.484 e. The van der Waals surface area contributed by atoms with E-state index in [0.717, 1.165) is 47.9 Å². The Hall–Kier alpha value is -3.60. The molecule has 0 bridgehead atoms. The van der Waals surface area contributed by atoms with Crippen molar-refractivity contribution < 1.29 is 14.3 Å². The minimum absolute atomic E-state index is 0.0913. The monoisotopic (exact) mass is 498 g/mol. The zero-order valence-corrected chi connectivity index (χ0v) is 22.0. The van der Waals surface area contributed by atoms with E-state index < -0.39 is 6.04 Å². The molecule has 5 heteroatoms. The van der Waals surface area contributed by atoms with Gasteiger partial charge in [0, 0.05) is 19.0 Å². The van der Waals surface area contributed by atoms with Crippen LogP contribution in [-0.4, -0.2) is 35.4 Å². The van der Waals surface area contributed by atoms with E-state index in [1.165, 1.54) is 6.42 Å². The van der Waals surface area contributed by atoms with Crippen molar-refractivity contribution in [2.75, 3.05) is 6.61 Å². The molecule has 1 fully saturated rings. The van der Waals surface area contributed by atoms with Crippen LogP contribution in [0.2, 0.25) is 0 Å². The maximum absolute atomic E-state index is 13.8. The minimum Gasteiger partial charge on any atom is -0.484 e. The number of nitrogens with zero attached hydrogens (tertiary/aromatic N) is 1. The van der Waals surface area contributed by atoms with Gasteiger partial charge in [-0.05, 0) is 61.1 Å². The van der Waals surface area contributed by atoms with Gasteiger partial charge in [0.1, 0.15) is 11.8 Å². The number of carbonyl (C=O) groups excluding carboxylic acids is 2. The third-order valence-electron chi connectivity index (χ3n) is 6.98. The molecule has 0 aliphatic heterocycles. The summed E-state index contributed by atoms with van der Waals surface area (Å²) in [6.07, 6.45) is 5.91. The summed E-state index contributed by atoms with van der Waals surface area (Å²) >= 11 is 0. The lowest BCUT2D eigenvalue weighted by molar-refractivity contribution is -0.143. The van der Waals surface area contributed by atoms with Gasteiger partial charge in [-0.15, -0.1) is 0 Å². The zero-order valence-electron chi connectivity index (χ0n) is 22.0. The van der Waals surface area contributed by atoms with E-state index in [4.69, 9.17) is 4.74 Å². The smallest absolute Gasteiger partial charge is 0.261 e. The Labute approximate surface area is 220 Å². The van der Waals surface area contributed by atoms with Crippen LogP contribution in [-0.2, 0) is 22.6 Å². The predicted octanol–water partition coefficient (Wildman–Crippen LogP) is 5.77. The zero-order chi connectivity index (χ0) is 26.0. The third kappa shape index (κ3) is 7.94. The van der Waals surface area contributed by atoms with Crippen LogP contribution >= 0.6 is 0 Å². The molecule has 5 nitrogen and oxygen atoms in total. The fourth-order valence-electron chi connectivity index (χ4n) is 5.12. The van der Waals surface area contributed by atoms with Crippen molar-refractivity contribution in [2.24, 2.45) is 0 Å². The van der Waals surface area contributed by atoms with Crippen LogP contribution in [0.25, 0.3) is 0 Å². The highest BCUT2D eigenvalue weighted by molar-refractivity contribution is 5.88. The van der Waals surface area contributed by atoms with Crippen molar-refractivity contribution in [3.8, 4) is 5.75 Å². The maximum atomic E-state index is 13.8. The van der Waals surface area contributed by atoms with Gasteiger partial charge in [-0.1, -0.05) is 86.0 Å². The molecule has 3 aromatic carbocycles. The van der Waals surface area contributed by atoms with Gasteiger partial charge in [0.2, 0.25) is 5.91 Å². The van der Waals surface area contributed by atoms with Gasteiger partial charge in [0.25, 0.3) is 5.91 Å². The highest BCUT2D eigenvalue weighted by Gasteiger charge is 2.32. The van der Waals surface area contributed by atoms with Gasteiger partial charge in [-0.25, -0.2) is 0 Å². The summed E-state index contributed by atoms with van der Waals surface area (Å²) in [5.41, 5.74) is 4.16. The lowest BCUT2D eigenvalue weighted by Crippen LogP contribution is -2.53. The van der Waals surface area contributed by atoms with Crippen LogP contribution in [0.3, 0.4) is 0 Å². The van der Waals surface area contributed by atoms with E-state index >= 15 is 0 Å². The molecule has 0 heterocycles. The summed E-state index contributed by atoms with van der Waals surface area (Å²) in [6, 6.07) is 25.2. The standard InChI is InChI=1S/C32H38N2O3/c1-24-18-25(2)20-29(19-24)37-23-31(35)34(22-27-14-8-4-9-15-27)30(21-26-12-6-3-7-13-26)32(36)33-28-16-10-5-11-17-28/h3-4,6-9,12-15,18-20,28,30H,5,10-11,16-17,21-23H2,1-2H3,(H,33,36)/t30-/m1/s1. The number of benzene rings is 3. The Balaban J connectivity index is 1.59. The van der Waals surface area contributed by atoms with Crippen LogP contribution in [0.1, 0.15) is 54.4 Å². The second kappa shape index (κ2) is 13.1. The van der Waals surface area contributed by atoms with Gasteiger partial charge < -0.3 is 15.0 Å². The number of hydrogen-bond acceptors (Lipinski definition) is 3. The van der Waals surface area contributed by atoms with E-state index in [1.807, 2.05) is 86.6 Å². The van der Waals surface area contributed by atoms with Crippen LogP contribution in [0.5, 0.6) is 5.75 Å². The second-order valence-corrected chi connectivity index (χ2v) is 10.2. The quantitative estimate of drug-likeness (QED) is 0.386. The number of ether oxygens (including phenoxy) is 1. The van der Waals surface area contributed by atoms with Gasteiger partial charge in [-0.2, -0.15) is 0 Å². The van der Waals surface area contributed by atoms with E-state index in [0.29, 0.717) is 18.7 Å². The summed E-state index contributed by atoms with van der Waals surface area (Å²) < 4.78 is 5.96. The van der Waals surface area contributed by atoms with E-state index in [9.17, 15) is 9.59 Å². The molecule has 0 saturated heterocycles. The van der Waals surface area contributed by atoms with Crippen LogP contribution in [0.15, 0.2) is 78.9 Å². The molecule has 0 radical (unpaired) electrons. The van der Waals surface area contributed by atoms with Gasteiger partial charge in [0.05, 0.1) is 0 Å². The van der Waals surface area contributed by atoms with Crippen molar-refractivity contribution >= 4 is 11.8 Å². The van der Waals surface area contributed by atoms with Crippen molar-refractivity contribution in [1.29, 1.82) is 0 Å². The number of nitrogens with one attached hydrogen (secondary N) is 1. The summed E-state index contributed by atoms with van der Waals surface area (Å²) in [5, 5.41) is 3.28. The van der Waals surface area contributed by atoms with Crippen molar-refractivity contribution in [3.05, 3.63) is 101 Å². The Bertz CT molecular complexity index is 1140. The molecule has 194 valence electrons. The topological polar surface area (TPSA) is 58.6 Å². The number of rotatable bonds is 10. The molecule has 37 heavy (non-hydrogen) atoms. The molecule has 1 aliphatic carbocycles. The molecule has 0 aromatic heterocycles. The molecular weight excluding hydrogens is 460 g/mol. The van der Waals surface area contributed by atoms with E-state index in [2.05, 4.69) is 11.4 Å². The molecule has 3 aromatic rings. The summed E-state index contributed by atoms with van der Waals surface area (Å²) in [4.78, 5) is 29.2. The molecule has 1 N–H and O–H groups in total. The van der Waals surface area contributed by atoms with Crippen molar-refractivity contribution in [2.45, 2.75) is 71.0 Å². The van der Waals surface area contributed by atoms with Gasteiger partial charge >= 0.3 is 0 Å². The minimum atomic E-state index is -0.639. The Morgan fingerprint density at radius 1 is 0.865 bits per heavy atom. The number of aryl methyl sites for hydroxylation is 2. The van der Waals surface area contributed by atoms with Crippen LogP contribution in [0.4, 0.5) is 0 Å². The van der Waals surface area contributed by atoms with Gasteiger partial charge in [-0.3, -0.25) is 9.59 Å². The molecule has 0 unspecified atom stereocenters. The molecule has 1 saturated carbocycles. The normalized spacial score (nSPS) is 14.5. The van der Waals surface area contributed by atoms with E-state index in [-0.39, 0.29) is 24.5 Å². The molecule has 1 atom stereocenters. The SMILES string of the molecule is Cc1cc(C)cc(OCC(=O)N(Cc2ccccc2)[C@H](Cc2ccccc2)C(=O)NC2CCCCC2)c1. The third-order valence-corrected chi connectivity index (χ3v) is 6.98. The van der Waals surface area contributed by atoms with Crippen LogP contribution < -0.4 is 10.1 Å².